The molecule has 0 bridgehead atoms. The third-order valence-corrected chi connectivity index (χ3v) is 8.07. The highest BCUT2D eigenvalue weighted by molar-refractivity contribution is 7.58. The smallest absolute Gasteiger partial charge is 0.403 e. The van der Waals surface area contributed by atoms with Crippen LogP contribution in [0.25, 0.3) is 0 Å². The first-order valence-corrected chi connectivity index (χ1v) is 17.4. The summed E-state index contributed by atoms with van der Waals surface area (Å²) in [6.07, 6.45) is 6.69. The molecule has 0 fully saturated rings. The quantitative estimate of drug-likeness (QED) is 0.159. The van der Waals surface area contributed by atoms with Crippen molar-refractivity contribution in [2.45, 2.75) is 150 Å². The van der Waals surface area contributed by atoms with Crippen molar-refractivity contribution in [3.8, 4) is 11.5 Å². The molecule has 42 heavy (non-hydrogen) atoms. The summed E-state index contributed by atoms with van der Waals surface area (Å²) in [5, 5.41) is 19.7. The van der Waals surface area contributed by atoms with Gasteiger partial charge in [-0.1, -0.05) is 140 Å². The second kappa shape index (κ2) is 16.4. The van der Waals surface area contributed by atoms with E-state index in [2.05, 4.69) is 102 Å². The summed E-state index contributed by atoms with van der Waals surface area (Å²) < 4.78 is 0. The third kappa shape index (κ3) is 16.3. The minimum absolute atomic E-state index is 0.00859. The van der Waals surface area contributed by atoms with Gasteiger partial charge in [-0.2, -0.15) is 14.7 Å². The first-order chi connectivity index (χ1) is 18.8. The highest BCUT2D eigenvalue weighted by atomic mass is 31.2. The molecule has 0 radical (unpaired) electrons. The Morgan fingerprint density at radius 1 is 0.500 bits per heavy atom. The maximum atomic E-state index is 9.84. The van der Waals surface area contributed by atoms with Crippen LogP contribution in [0, 0.1) is 0 Å². The summed E-state index contributed by atoms with van der Waals surface area (Å²) in [6, 6.07) is 11.9. The molecular weight excluding hydrogens is 543 g/mol. The molecule has 5 nitrogen and oxygen atoms in total. The average molecular weight is 608 g/mol. The molecule has 0 aliphatic rings. The van der Waals surface area contributed by atoms with Crippen LogP contribution in [0.4, 0.5) is 0 Å². The van der Waals surface area contributed by atoms with Crippen molar-refractivity contribution in [3.05, 3.63) is 58.7 Å². The summed E-state index contributed by atoms with van der Waals surface area (Å²) in [4.78, 5) is 25.9. The first-order valence-electron chi connectivity index (χ1n) is 15.5. The van der Waals surface area contributed by atoms with Gasteiger partial charge in [-0.15, -0.1) is 0 Å². The fourth-order valence-corrected chi connectivity index (χ4v) is 4.96. The fourth-order valence-electron chi connectivity index (χ4n) is 4.31. The van der Waals surface area contributed by atoms with Crippen molar-refractivity contribution in [1.29, 1.82) is 0 Å². The summed E-state index contributed by atoms with van der Waals surface area (Å²) in [7, 11) is -3.47. The van der Waals surface area contributed by atoms with E-state index in [1.807, 2.05) is 12.1 Å². The lowest BCUT2D eigenvalue weighted by Gasteiger charge is -2.25. The topological polar surface area (TPSA) is 101 Å². The maximum Gasteiger partial charge on any atom is 0.403 e. The molecule has 0 unspecified atom stereocenters. The predicted octanol–water partition coefficient (Wildman–Crippen LogP) is 10.1. The van der Waals surface area contributed by atoms with Gasteiger partial charge in [0.25, 0.3) is 0 Å². The number of rotatable bonds is 7. The Bertz CT molecular complexity index is 985. The van der Waals surface area contributed by atoms with E-state index in [9.17, 15) is 10.2 Å². The zero-order chi connectivity index (χ0) is 33.2. The summed E-state index contributed by atoms with van der Waals surface area (Å²) in [5.74, 6) is 0.797. The van der Waals surface area contributed by atoms with E-state index in [1.54, 1.807) is 12.1 Å². The molecule has 0 amide bonds. The first kappa shape index (κ1) is 40.4. The van der Waals surface area contributed by atoms with Crippen LogP contribution in [0.2, 0.25) is 0 Å². The van der Waals surface area contributed by atoms with Gasteiger partial charge in [-0.3, -0.25) is 0 Å². The number of hydrogen-bond acceptors (Lipinski definition) is 5. The van der Waals surface area contributed by atoms with E-state index in [0.717, 1.165) is 30.4 Å². The van der Waals surface area contributed by atoms with Gasteiger partial charge < -0.3 is 10.2 Å². The Morgan fingerprint density at radius 3 is 1.12 bits per heavy atom. The number of unbranched alkanes of at least 4 members (excludes halogenated alkanes) is 5. The van der Waals surface area contributed by atoms with Gasteiger partial charge in [0.15, 0.2) is 0 Å². The largest absolute Gasteiger partial charge is 0.508 e. The zero-order valence-electron chi connectivity index (χ0n) is 29.1. The lowest BCUT2D eigenvalue weighted by Crippen LogP contribution is -2.16. The summed E-state index contributed by atoms with van der Waals surface area (Å²) in [6.45, 7) is 28.0. The number of hydrogen-bond donors (Lipinski definition) is 5. The van der Waals surface area contributed by atoms with Crippen LogP contribution < -0.4 is 0 Å². The van der Waals surface area contributed by atoms with Gasteiger partial charge in [-0.25, -0.2) is 0 Å². The molecule has 0 spiro atoms. The number of phenolic OH excluding ortho intramolecular Hbond substituents is 2. The van der Waals surface area contributed by atoms with Crippen molar-refractivity contribution in [2.75, 3.05) is 6.16 Å². The van der Waals surface area contributed by atoms with Crippen molar-refractivity contribution in [2.24, 2.45) is 0 Å². The predicted molar refractivity (Wildman–Crippen MR) is 183 cm³/mol. The molecule has 2 aromatic rings. The molecule has 0 heterocycles. The molecule has 242 valence electrons. The van der Waals surface area contributed by atoms with Crippen molar-refractivity contribution in [1.82, 2.24) is 0 Å². The Kier molecular flexibility index (Phi) is 15.8. The molecule has 0 aliphatic carbocycles. The van der Waals surface area contributed by atoms with Crippen LogP contribution in [0.3, 0.4) is 0 Å². The molecule has 0 aromatic heterocycles. The van der Waals surface area contributed by atoms with E-state index in [-0.39, 0.29) is 27.8 Å². The molecule has 0 aliphatic heterocycles. The standard InChI is InChI=1S/2C14H22O.C8H20O3P/c2*1-13(2,3)10-7-8-12(15)11(9-10)14(4,5)6;1-2-3-4-5-6-7-8-12(9,10)11/h2*7-9,15H,1-6H3;9-11H,2-8H2,1H3/q;;+1. The fraction of sp³-hybridized carbons (Fsp3) is 0.667. The molecule has 0 atom stereocenters. The molecule has 2 rings (SSSR count). The molecule has 6 heteroatoms. The van der Waals surface area contributed by atoms with Crippen LogP contribution in [0.15, 0.2) is 36.4 Å². The van der Waals surface area contributed by atoms with Gasteiger partial charge in [-0.05, 0) is 68.9 Å². The van der Waals surface area contributed by atoms with Crippen LogP contribution in [-0.2, 0) is 21.7 Å². The van der Waals surface area contributed by atoms with Crippen molar-refractivity contribution in [3.63, 3.8) is 0 Å². The average Bonchev–Trinajstić information content (AvgIpc) is 2.79. The van der Waals surface area contributed by atoms with Crippen LogP contribution in [0.1, 0.15) is 151 Å². The van der Waals surface area contributed by atoms with Gasteiger partial charge in [0, 0.05) is 0 Å². The second-order valence-electron chi connectivity index (χ2n) is 15.6. The Balaban J connectivity index is 0.000000606. The van der Waals surface area contributed by atoms with Crippen molar-refractivity contribution >= 4 is 7.94 Å². The Morgan fingerprint density at radius 2 is 0.833 bits per heavy atom. The Hall–Kier alpha value is -1.65. The van der Waals surface area contributed by atoms with E-state index < -0.39 is 7.94 Å². The molecular formula is C36H64O5P+. The minimum atomic E-state index is -3.47. The monoisotopic (exact) mass is 607 g/mol. The maximum absolute atomic E-state index is 9.84. The molecule has 5 N–H and O–H groups in total. The van der Waals surface area contributed by atoms with Gasteiger partial charge >= 0.3 is 7.94 Å². The van der Waals surface area contributed by atoms with E-state index in [1.165, 1.54) is 30.4 Å². The van der Waals surface area contributed by atoms with Crippen LogP contribution >= 0.6 is 7.94 Å². The van der Waals surface area contributed by atoms with Gasteiger partial charge in [0.05, 0.1) is 0 Å². The second-order valence-corrected chi connectivity index (χ2v) is 17.5. The third-order valence-electron chi connectivity index (χ3n) is 7.15. The summed E-state index contributed by atoms with van der Waals surface area (Å²) >= 11 is 0. The highest BCUT2D eigenvalue weighted by Gasteiger charge is 2.28. The highest BCUT2D eigenvalue weighted by Crippen LogP contribution is 2.45. The van der Waals surface area contributed by atoms with Crippen molar-refractivity contribution < 1.29 is 24.9 Å². The van der Waals surface area contributed by atoms with Gasteiger partial charge in [0.2, 0.25) is 0 Å². The summed E-state index contributed by atoms with van der Waals surface area (Å²) in [5.41, 5.74) is 4.83. The lowest BCUT2D eigenvalue weighted by atomic mass is 9.80. The van der Waals surface area contributed by atoms with E-state index >= 15 is 0 Å². The number of benzene rings is 2. The Labute approximate surface area is 259 Å². The van der Waals surface area contributed by atoms with E-state index in [0.29, 0.717) is 11.5 Å². The molecule has 0 saturated heterocycles. The van der Waals surface area contributed by atoms with E-state index in [4.69, 9.17) is 14.7 Å². The van der Waals surface area contributed by atoms with Crippen LogP contribution in [0.5, 0.6) is 11.5 Å². The SMILES string of the molecule is CC(C)(C)c1ccc(O)c(C(C)(C)C)c1.CC(C)(C)c1ccc(O)c(C(C)(C)C)c1.CCCCCCCC[P+](O)(O)O. The minimum Gasteiger partial charge on any atom is -0.508 e. The van der Waals surface area contributed by atoms with Crippen LogP contribution in [-0.4, -0.2) is 31.1 Å². The number of phenols is 2. The zero-order valence-corrected chi connectivity index (χ0v) is 30.0. The normalized spacial score (nSPS) is 12.7. The molecule has 2 aromatic carbocycles. The lowest BCUT2D eigenvalue weighted by molar-refractivity contribution is 0.328. The number of aromatic hydroxyl groups is 2. The molecule has 0 saturated carbocycles. The van der Waals surface area contributed by atoms with Gasteiger partial charge in [0.1, 0.15) is 17.7 Å².